The number of rotatable bonds is 6. The lowest BCUT2D eigenvalue weighted by atomic mass is 9.78. The van der Waals surface area contributed by atoms with Gasteiger partial charge in [0, 0.05) is 19.0 Å². The minimum Gasteiger partial charge on any atom is -0.466 e. The highest BCUT2D eigenvalue weighted by Gasteiger charge is 2.27. The van der Waals surface area contributed by atoms with Gasteiger partial charge in [0.25, 0.3) is 0 Å². The SMILES string of the molecule is CCNC(=NCC(C)(O)c1ccco1)NCC1Cc2ccccc21. The highest BCUT2D eigenvalue weighted by molar-refractivity contribution is 5.79. The fourth-order valence-corrected chi connectivity index (χ4v) is 3.00. The van der Waals surface area contributed by atoms with Crippen LogP contribution in [0.4, 0.5) is 0 Å². The molecule has 1 aliphatic rings. The third-order valence-electron chi connectivity index (χ3n) is 4.42. The Hall–Kier alpha value is -2.27. The van der Waals surface area contributed by atoms with Crippen LogP contribution in [0, 0.1) is 0 Å². The zero-order valence-corrected chi connectivity index (χ0v) is 14.2. The zero-order valence-electron chi connectivity index (χ0n) is 14.2. The van der Waals surface area contributed by atoms with E-state index in [0.717, 1.165) is 19.5 Å². The molecule has 1 aromatic heterocycles. The highest BCUT2D eigenvalue weighted by atomic mass is 16.4. The van der Waals surface area contributed by atoms with Gasteiger partial charge in [0.05, 0.1) is 12.8 Å². The molecule has 0 bridgehead atoms. The molecule has 3 N–H and O–H groups in total. The normalized spacial score (nSPS) is 19.1. The maximum absolute atomic E-state index is 10.5. The molecule has 0 radical (unpaired) electrons. The quantitative estimate of drug-likeness (QED) is 0.563. The van der Waals surface area contributed by atoms with E-state index in [1.54, 1.807) is 25.3 Å². The average molecular weight is 327 g/mol. The molecule has 2 atom stereocenters. The fourth-order valence-electron chi connectivity index (χ4n) is 3.00. The molecule has 5 nitrogen and oxygen atoms in total. The van der Waals surface area contributed by atoms with E-state index < -0.39 is 5.60 Å². The van der Waals surface area contributed by atoms with Crippen molar-refractivity contribution in [3.05, 3.63) is 59.5 Å². The number of fused-ring (bicyclic) bond motifs is 1. The Bertz CT molecular complexity index is 692. The molecular weight excluding hydrogens is 302 g/mol. The van der Waals surface area contributed by atoms with Crippen molar-refractivity contribution in [3.63, 3.8) is 0 Å². The van der Waals surface area contributed by atoms with Gasteiger partial charge in [0.1, 0.15) is 11.4 Å². The van der Waals surface area contributed by atoms with Crippen molar-refractivity contribution < 1.29 is 9.52 Å². The van der Waals surface area contributed by atoms with Crippen LogP contribution in [0.25, 0.3) is 0 Å². The number of hydrogen-bond donors (Lipinski definition) is 3. The Labute approximate surface area is 142 Å². The van der Waals surface area contributed by atoms with Crippen LogP contribution in [-0.2, 0) is 12.0 Å². The van der Waals surface area contributed by atoms with Crippen molar-refractivity contribution in [3.8, 4) is 0 Å². The molecule has 128 valence electrons. The lowest BCUT2D eigenvalue weighted by molar-refractivity contribution is 0.0437. The zero-order chi connectivity index (χ0) is 17.0. The van der Waals surface area contributed by atoms with Crippen LogP contribution in [0.1, 0.15) is 36.7 Å². The van der Waals surface area contributed by atoms with Crippen molar-refractivity contribution >= 4 is 5.96 Å². The topological polar surface area (TPSA) is 69.8 Å². The Morgan fingerprint density at radius 3 is 2.83 bits per heavy atom. The highest BCUT2D eigenvalue weighted by Crippen LogP contribution is 2.33. The summed E-state index contributed by atoms with van der Waals surface area (Å²) in [5, 5.41) is 17.1. The van der Waals surface area contributed by atoms with Crippen LogP contribution < -0.4 is 10.6 Å². The van der Waals surface area contributed by atoms with Crippen LogP contribution in [0.2, 0.25) is 0 Å². The van der Waals surface area contributed by atoms with Crippen molar-refractivity contribution in [2.24, 2.45) is 4.99 Å². The number of aliphatic hydroxyl groups is 1. The summed E-state index contributed by atoms with van der Waals surface area (Å²) < 4.78 is 5.29. The molecule has 0 saturated carbocycles. The Kier molecular flexibility index (Phi) is 4.90. The van der Waals surface area contributed by atoms with E-state index in [2.05, 4.69) is 39.9 Å². The third kappa shape index (κ3) is 3.62. The summed E-state index contributed by atoms with van der Waals surface area (Å²) in [6.07, 6.45) is 2.66. The Balaban J connectivity index is 1.59. The second kappa shape index (κ2) is 7.09. The van der Waals surface area contributed by atoms with Crippen LogP contribution >= 0.6 is 0 Å². The Morgan fingerprint density at radius 1 is 1.29 bits per heavy atom. The van der Waals surface area contributed by atoms with Gasteiger partial charge < -0.3 is 20.2 Å². The smallest absolute Gasteiger partial charge is 0.191 e. The summed E-state index contributed by atoms with van der Waals surface area (Å²) in [6, 6.07) is 12.1. The molecular formula is C19H25N3O2. The van der Waals surface area contributed by atoms with Gasteiger partial charge in [-0.1, -0.05) is 24.3 Å². The van der Waals surface area contributed by atoms with Gasteiger partial charge >= 0.3 is 0 Å². The first-order chi connectivity index (χ1) is 11.6. The second-order valence-corrected chi connectivity index (χ2v) is 6.43. The van der Waals surface area contributed by atoms with Gasteiger partial charge in [0.2, 0.25) is 0 Å². The number of furan rings is 1. The van der Waals surface area contributed by atoms with E-state index in [-0.39, 0.29) is 6.54 Å². The molecule has 0 amide bonds. The molecule has 3 rings (SSSR count). The largest absolute Gasteiger partial charge is 0.466 e. The minimum absolute atomic E-state index is 0.233. The number of nitrogens with one attached hydrogen (secondary N) is 2. The summed E-state index contributed by atoms with van der Waals surface area (Å²) in [5.41, 5.74) is 1.74. The number of nitrogens with zero attached hydrogens (tertiary/aromatic N) is 1. The third-order valence-corrected chi connectivity index (χ3v) is 4.42. The minimum atomic E-state index is -1.12. The van der Waals surface area contributed by atoms with E-state index >= 15 is 0 Å². The maximum atomic E-state index is 10.5. The predicted molar refractivity (Wildman–Crippen MR) is 95.1 cm³/mol. The van der Waals surface area contributed by atoms with E-state index in [9.17, 15) is 5.11 Å². The number of aliphatic imine (C=N–C) groups is 1. The summed E-state index contributed by atoms with van der Waals surface area (Å²) in [5.74, 6) is 1.76. The number of guanidine groups is 1. The van der Waals surface area contributed by atoms with Gasteiger partial charge in [-0.3, -0.25) is 0 Å². The van der Waals surface area contributed by atoms with Crippen LogP contribution in [0.15, 0.2) is 52.1 Å². The van der Waals surface area contributed by atoms with Crippen LogP contribution in [0.5, 0.6) is 0 Å². The summed E-state index contributed by atoms with van der Waals surface area (Å²) in [4.78, 5) is 4.51. The van der Waals surface area contributed by atoms with Gasteiger partial charge in [0.15, 0.2) is 5.96 Å². The molecule has 0 aliphatic heterocycles. The molecule has 24 heavy (non-hydrogen) atoms. The summed E-state index contributed by atoms with van der Waals surface area (Å²) in [6.45, 7) is 5.58. The van der Waals surface area contributed by atoms with Crippen molar-refractivity contribution in [2.45, 2.75) is 31.8 Å². The van der Waals surface area contributed by atoms with Crippen molar-refractivity contribution in [1.29, 1.82) is 0 Å². The van der Waals surface area contributed by atoms with E-state index in [4.69, 9.17) is 4.42 Å². The van der Waals surface area contributed by atoms with E-state index in [1.807, 2.05) is 6.92 Å². The molecule has 0 spiro atoms. The van der Waals surface area contributed by atoms with Gasteiger partial charge in [-0.2, -0.15) is 0 Å². The van der Waals surface area contributed by atoms with E-state index in [0.29, 0.717) is 17.6 Å². The summed E-state index contributed by atoms with van der Waals surface area (Å²) in [7, 11) is 0. The molecule has 1 heterocycles. The van der Waals surface area contributed by atoms with Gasteiger partial charge in [-0.15, -0.1) is 0 Å². The Morgan fingerprint density at radius 2 is 2.12 bits per heavy atom. The number of benzene rings is 1. The second-order valence-electron chi connectivity index (χ2n) is 6.43. The molecule has 2 aromatic rings. The fraction of sp³-hybridized carbons (Fsp3) is 0.421. The summed E-state index contributed by atoms with van der Waals surface area (Å²) >= 11 is 0. The first-order valence-electron chi connectivity index (χ1n) is 8.46. The molecule has 0 saturated heterocycles. The number of hydrogen-bond acceptors (Lipinski definition) is 3. The lowest BCUT2D eigenvalue weighted by Gasteiger charge is -2.30. The van der Waals surface area contributed by atoms with Crippen LogP contribution in [0.3, 0.4) is 0 Å². The van der Waals surface area contributed by atoms with E-state index in [1.165, 1.54) is 11.1 Å². The predicted octanol–water partition coefficient (Wildman–Crippen LogP) is 2.38. The first-order valence-corrected chi connectivity index (χ1v) is 8.46. The first kappa shape index (κ1) is 16.6. The molecule has 2 unspecified atom stereocenters. The average Bonchev–Trinajstić information content (AvgIpc) is 3.09. The molecule has 5 heteroatoms. The molecule has 1 aromatic carbocycles. The molecule has 1 aliphatic carbocycles. The monoisotopic (exact) mass is 327 g/mol. The van der Waals surface area contributed by atoms with Crippen molar-refractivity contribution in [1.82, 2.24) is 10.6 Å². The molecule has 0 fully saturated rings. The standard InChI is InChI=1S/C19H25N3O2/c1-3-20-18(22-13-19(2,23)17-9-6-10-24-17)21-12-15-11-14-7-4-5-8-16(14)15/h4-10,15,23H,3,11-13H2,1-2H3,(H2,20,21,22). The van der Waals surface area contributed by atoms with Gasteiger partial charge in [-0.05, 0) is 43.5 Å². The van der Waals surface area contributed by atoms with Gasteiger partial charge in [-0.25, -0.2) is 4.99 Å². The van der Waals surface area contributed by atoms with Crippen LogP contribution in [-0.4, -0.2) is 30.7 Å². The maximum Gasteiger partial charge on any atom is 0.191 e. The van der Waals surface area contributed by atoms with Crippen molar-refractivity contribution in [2.75, 3.05) is 19.6 Å². The lowest BCUT2D eigenvalue weighted by Crippen LogP contribution is -2.42.